The molecule has 1 aromatic heterocycles. The number of ether oxygens (including phenoxy) is 2. The third kappa shape index (κ3) is 9.20. The quantitative estimate of drug-likeness (QED) is 0.126. The molecule has 0 atom stereocenters. The smallest absolute Gasteiger partial charge is 0.343 e. The Morgan fingerprint density at radius 3 is 2.03 bits per heavy atom. The van der Waals surface area contributed by atoms with E-state index in [1.807, 2.05) is 48.5 Å². The number of esters is 1. The molecule has 4 heteroatoms. The van der Waals surface area contributed by atoms with Gasteiger partial charge in [-0.2, -0.15) is 0 Å². The first kappa shape index (κ1) is 26.5. The number of carbonyl (C=O) groups is 1. The van der Waals surface area contributed by atoms with E-state index in [0.717, 1.165) is 36.5 Å². The molecule has 0 aliphatic carbocycles. The van der Waals surface area contributed by atoms with Crippen LogP contribution in [0.25, 0.3) is 11.3 Å². The summed E-state index contributed by atoms with van der Waals surface area (Å²) in [4.78, 5) is 17.1. The zero-order valence-electron chi connectivity index (χ0n) is 21.3. The Labute approximate surface area is 210 Å². The number of aryl methyl sites for hydroxylation is 1. The van der Waals surface area contributed by atoms with E-state index in [1.54, 1.807) is 18.3 Å². The first-order valence-corrected chi connectivity index (χ1v) is 13.2. The van der Waals surface area contributed by atoms with Crippen LogP contribution in [0.5, 0.6) is 11.5 Å². The van der Waals surface area contributed by atoms with Gasteiger partial charge in [-0.05, 0) is 73.4 Å². The lowest BCUT2D eigenvalue weighted by molar-refractivity contribution is 0.0734. The van der Waals surface area contributed by atoms with Crippen LogP contribution in [-0.4, -0.2) is 17.6 Å². The summed E-state index contributed by atoms with van der Waals surface area (Å²) in [5.41, 5.74) is 3.65. The highest BCUT2D eigenvalue weighted by Gasteiger charge is 2.09. The molecular weight excluding hydrogens is 434 g/mol. The van der Waals surface area contributed by atoms with Crippen molar-refractivity contribution < 1.29 is 14.3 Å². The van der Waals surface area contributed by atoms with Gasteiger partial charge in [0.2, 0.25) is 0 Å². The third-order valence-corrected chi connectivity index (χ3v) is 6.12. The first-order valence-electron chi connectivity index (χ1n) is 13.2. The van der Waals surface area contributed by atoms with Crippen LogP contribution in [0, 0.1) is 0 Å². The molecule has 186 valence electrons. The van der Waals surface area contributed by atoms with Crippen LogP contribution in [0.1, 0.15) is 87.6 Å². The van der Waals surface area contributed by atoms with Crippen molar-refractivity contribution in [1.29, 1.82) is 0 Å². The zero-order chi connectivity index (χ0) is 24.7. The summed E-state index contributed by atoms with van der Waals surface area (Å²) in [6, 6.07) is 19.1. The normalized spacial score (nSPS) is 10.8. The second kappa shape index (κ2) is 15.0. The van der Waals surface area contributed by atoms with Crippen LogP contribution < -0.4 is 9.47 Å². The fourth-order valence-corrected chi connectivity index (χ4v) is 3.96. The number of pyridine rings is 1. The fraction of sp³-hybridized carbons (Fsp3) is 0.419. The summed E-state index contributed by atoms with van der Waals surface area (Å²) in [6.07, 6.45) is 13.9. The molecule has 35 heavy (non-hydrogen) atoms. The zero-order valence-corrected chi connectivity index (χ0v) is 21.3. The van der Waals surface area contributed by atoms with Gasteiger partial charge in [0.05, 0.1) is 24.1 Å². The summed E-state index contributed by atoms with van der Waals surface area (Å²) in [7, 11) is 0. The summed E-state index contributed by atoms with van der Waals surface area (Å²) in [6.45, 7) is 5.16. The van der Waals surface area contributed by atoms with E-state index in [2.05, 4.69) is 18.8 Å². The number of nitrogens with zero attached hydrogens (tertiary/aromatic N) is 1. The molecule has 0 saturated heterocycles. The van der Waals surface area contributed by atoms with Crippen molar-refractivity contribution in [3.8, 4) is 22.8 Å². The third-order valence-electron chi connectivity index (χ3n) is 6.12. The average molecular weight is 474 g/mol. The van der Waals surface area contributed by atoms with Crippen molar-refractivity contribution in [2.75, 3.05) is 6.61 Å². The molecule has 0 fully saturated rings. The molecule has 3 rings (SSSR count). The van der Waals surface area contributed by atoms with Crippen LogP contribution in [-0.2, 0) is 6.42 Å². The van der Waals surface area contributed by atoms with Gasteiger partial charge >= 0.3 is 5.97 Å². The standard InChI is InChI=1S/C31H39NO3/c1-3-5-7-9-10-12-25-13-15-27(16-14-25)31(33)35-28-19-17-26(18-20-28)30-22-21-29(24-32-30)34-23-11-8-6-4-2/h13-22,24H,3-12,23H2,1-2H3. The van der Waals surface area contributed by atoms with Gasteiger partial charge in [-0.3, -0.25) is 4.98 Å². The Hall–Kier alpha value is -3.14. The van der Waals surface area contributed by atoms with E-state index in [4.69, 9.17) is 9.47 Å². The maximum atomic E-state index is 12.5. The van der Waals surface area contributed by atoms with Gasteiger partial charge in [0.15, 0.2) is 0 Å². The van der Waals surface area contributed by atoms with Crippen molar-refractivity contribution >= 4 is 5.97 Å². The molecule has 0 amide bonds. The number of benzene rings is 2. The number of rotatable bonds is 15. The van der Waals surface area contributed by atoms with E-state index in [0.29, 0.717) is 11.3 Å². The molecule has 0 radical (unpaired) electrons. The Bertz CT molecular complexity index is 995. The largest absolute Gasteiger partial charge is 0.492 e. The predicted octanol–water partition coefficient (Wildman–Crippen LogP) is 8.44. The highest BCUT2D eigenvalue weighted by molar-refractivity contribution is 5.91. The van der Waals surface area contributed by atoms with E-state index < -0.39 is 0 Å². The molecule has 0 N–H and O–H groups in total. The van der Waals surface area contributed by atoms with Crippen molar-refractivity contribution in [3.63, 3.8) is 0 Å². The van der Waals surface area contributed by atoms with Gasteiger partial charge in [-0.25, -0.2) is 4.79 Å². The average Bonchev–Trinajstić information content (AvgIpc) is 2.90. The number of aromatic nitrogens is 1. The molecule has 0 aliphatic rings. The van der Waals surface area contributed by atoms with Crippen LogP contribution >= 0.6 is 0 Å². The maximum Gasteiger partial charge on any atom is 0.343 e. The monoisotopic (exact) mass is 473 g/mol. The van der Waals surface area contributed by atoms with Gasteiger partial charge < -0.3 is 9.47 Å². The van der Waals surface area contributed by atoms with Crippen molar-refractivity contribution in [3.05, 3.63) is 78.0 Å². The van der Waals surface area contributed by atoms with Crippen molar-refractivity contribution in [1.82, 2.24) is 4.98 Å². The Morgan fingerprint density at radius 2 is 1.37 bits per heavy atom. The highest BCUT2D eigenvalue weighted by atomic mass is 16.5. The minimum atomic E-state index is -0.342. The number of hydrogen-bond donors (Lipinski definition) is 0. The molecule has 0 saturated carbocycles. The minimum absolute atomic E-state index is 0.342. The Balaban J connectivity index is 1.47. The second-order valence-corrected chi connectivity index (χ2v) is 9.06. The minimum Gasteiger partial charge on any atom is -0.492 e. The molecular formula is C31H39NO3. The Kier molecular flexibility index (Phi) is 11.3. The number of carbonyl (C=O) groups excluding carboxylic acids is 1. The maximum absolute atomic E-state index is 12.5. The molecule has 4 nitrogen and oxygen atoms in total. The van der Waals surface area contributed by atoms with Crippen molar-refractivity contribution in [2.45, 2.75) is 78.1 Å². The second-order valence-electron chi connectivity index (χ2n) is 9.06. The molecule has 0 aliphatic heterocycles. The predicted molar refractivity (Wildman–Crippen MR) is 143 cm³/mol. The van der Waals surface area contributed by atoms with E-state index in [-0.39, 0.29) is 5.97 Å². The van der Waals surface area contributed by atoms with Gasteiger partial charge in [0.1, 0.15) is 11.5 Å². The summed E-state index contributed by atoms with van der Waals surface area (Å²) < 4.78 is 11.3. The van der Waals surface area contributed by atoms with Crippen LogP contribution in [0.3, 0.4) is 0 Å². The van der Waals surface area contributed by atoms with Crippen LogP contribution in [0.15, 0.2) is 66.9 Å². The number of hydrogen-bond acceptors (Lipinski definition) is 4. The van der Waals surface area contributed by atoms with Crippen LogP contribution in [0.4, 0.5) is 0 Å². The van der Waals surface area contributed by atoms with E-state index in [1.165, 1.54) is 56.9 Å². The van der Waals surface area contributed by atoms with Gasteiger partial charge in [-0.1, -0.05) is 70.9 Å². The Morgan fingerprint density at radius 1 is 0.714 bits per heavy atom. The molecule has 3 aromatic rings. The SMILES string of the molecule is CCCCCCCc1ccc(C(=O)Oc2ccc(-c3ccc(OCCCCCC)cn3)cc2)cc1. The lowest BCUT2D eigenvalue weighted by Gasteiger charge is -2.08. The molecule has 1 heterocycles. The first-order chi connectivity index (χ1) is 17.2. The van der Waals surface area contributed by atoms with E-state index in [9.17, 15) is 4.79 Å². The molecule has 2 aromatic carbocycles. The number of unbranched alkanes of at least 4 members (excludes halogenated alkanes) is 7. The van der Waals surface area contributed by atoms with Gasteiger partial charge in [-0.15, -0.1) is 0 Å². The van der Waals surface area contributed by atoms with Crippen LogP contribution in [0.2, 0.25) is 0 Å². The lowest BCUT2D eigenvalue weighted by Crippen LogP contribution is -2.08. The summed E-state index contributed by atoms with van der Waals surface area (Å²) in [5.74, 6) is 0.968. The molecule has 0 spiro atoms. The van der Waals surface area contributed by atoms with E-state index >= 15 is 0 Å². The van der Waals surface area contributed by atoms with Crippen molar-refractivity contribution in [2.24, 2.45) is 0 Å². The summed E-state index contributed by atoms with van der Waals surface area (Å²) in [5, 5.41) is 0. The van der Waals surface area contributed by atoms with Gasteiger partial charge in [0, 0.05) is 5.56 Å². The van der Waals surface area contributed by atoms with Gasteiger partial charge in [0.25, 0.3) is 0 Å². The molecule has 0 unspecified atom stereocenters. The molecule has 0 bridgehead atoms. The highest BCUT2D eigenvalue weighted by Crippen LogP contribution is 2.23. The lowest BCUT2D eigenvalue weighted by atomic mass is 10.0. The topological polar surface area (TPSA) is 48.4 Å². The summed E-state index contributed by atoms with van der Waals surface area (Å²) >= 11 is 0. The fourth-order valence-electron chi connectivity index (χ4n) is 3.96.